The lowest BCUT2D eigenvalue weighted by atomic mass is 10.2. The van der Waals surface area contributed by atoms with Crippen LogP contribution >= 0.6 is 0 Å². The number of amides is 1. The average molecular weight is 337 g/mol. The highest BCUT2D eigenvalue weighted by Gasteiger charge is 2.30. The van der Waals surface area contributed by atoms with E-state index in [1.54, 1.807) is 31.4 Å². The standard InChI is InChI=1S/C14H15N3O5S/c1-21-11-4-2-9(3-5-11)13-16-17-14(22-13)12(18)15-10-6-7-23(19,20)8-10/h2-5,10H,6-8H2,1H3,(H,15,18). The maximum Gasteiger partial charge on any atom is 0.309 e. The number of hydrogen-bond acceptors (Lipinski definition) is 7. The number of ether oxygens (including phenoxy) is 1. The van der Waals surface area contributed by atoms with Crippen molar-refractivity contribution in [2.45, 2.75) is 12.5 Å². The van der Waals surface area contributed by atoms with Crippen molar-refractivity contribution in [1.29, 1.82) is 0 Å². The molecule has 9 heteroatoms. The lowest BCUT2D eigenvalue weighted by Crippen LogP contribution is -2.35. The molecule has 2 heterocycles. The molecule has 1 N–H and O–H groups in total. The fraction of sp³-hybridized carbons (Fsp3) is 0.357. The second kappa shape index (κ2) is 5.99. The first-order chi connectivity index (χ1) is 11.0. The zero-order valence-corrected chi connectivity index (χ0v) is 13.2. The first-order valence-corrected chi connectivity index (χ1v) is 8.78. The summed E-state index contributed by atoms with van der Waals surface area (Å²) in [5, 5.41) is 10.1. The molecule has 8 nitrogen and oxygen atoms in total. The molecule has 1 atom stereocenters. The number of carbonyl (C=O) groups excluding carboxylic acids is 1. The summed E-state index contributed by atoms with van der Waals surface area (Å²) in [6.45, 7) is 0. The number of nitrogens with one attached hydrogen (secondary N) is 1. The van der Waals surface area contributed by atoms with E-state index in [4.69, 9.17) is 9.15 Å². The van der Waals surface area contributed by atoms with Gasteiger partial charge in [0.25, 0.3) is 0 Å². The number of sulfone groups is 1. The minimum Gasteiger partial charge on any atom is -0.497 e. The van der Waals surface area contributed by atoms with Crippen molar-refractivity contribution in [2.24, 2.45) is 0 Å². The number of carbonyl (C=O) groups is 1. The predicted molar refractivity (Wildman–Crippen MR) is 80.8 cm³/mol. The Bertz CT molecular complexity index is 813. The lowest BCUT2D eigenvalue weighted by Gasteiger charge is -2.07. The van der Waals surface area contributed by atoms with Crippen LogP contribution in [0, 0.1) is 0 Å². The summed E-state index contributed by atoms with van der Waals surface area (Å²) in [6.07, 6.45) is 0.396. The van der Waals surface area contributed by atoms with Gasteiger partial charge in [-0.3, -0.25) is 4.79 Å². The molecule has 0 radical (unpaired) electrons. The van der Waals surface area contributed by atoms with Crippen molar-refractivity contribution in [2.75, 3.05) is 18.6 Å². The molecule has 1 aromatic heterocycles. The first-order valence-electron chi connectivity index (χ1n) is 6.96. The summed E-state index contributed by atoms with van der Waals surface area (Å²) >= 11 is 0. The van der Waals surface area contributed by atoms with Gasteiger partial charge in [0.2, 0.25) is 5.89 Å². The van der Waals surface area contributed by atoms with Crippen LogP contribution in [-0.2, 0) is 9.84 Å². The molecule has 0 saturated carbocycles. The molecule has 1 unspecified atom stereocenters. The van der Waals surface area contributed by atoms with Crippen molar-refractivity contribution >= 4 is 15.7 Å². The minimum atomic E-state index is -3.06. The molecule has 0 aliphatic carbocycles. The summed E-state index contributed by atoms with van der Waals surface area (Å²) in [6, 6.07) is 6.53. The predicted octanol–water partition coefficient (Wildman–Crippen LogP) is 0.662. The van der Waals surface area contributed by atoms with Gasteiger partial charge in [0.1, 0.15) is 5.75 Å². The maximum atomic E-state index is 12.0. The molecule has 1 aliphatic rings. The third-order valence-electron chi connectivity index (χ3n) is 3.52. The molecule has 1 amide bonds. The maximum absolute atomic E-state index is 12.0. The summed E-state index contributed by atoms with van der Waals surface area (Å²) in [5.74, 6) is 0.155. The Morgan fingerprint density at radius 1 is 1.30 bits per heavy atom. The second-order valence-corrected chi connectivity index (χ2v) is 7.44. The van der Waals surface area contributed by atoms with Gasteiger partial charge in [0, 0.05) is 11.6 Å². The summed E-state index contributed by atoms with van der Waals surface area (Å²) < 4.78 is 33.2. The zero-order chi connectivity index (χ0) is 16.4. The highest BCUT2D eigenvalue weighted by atomic mass is 32.2. The molecule has 1 aliphatic heterocycles. The van der Waals surface area contributed by atoms with Crippen LogP contribution in [0.3, 0.4) is 0 Å². The van der Waals surface area contributed by atoms with E-state index in [1.807, 2.05) is 0 Å². The molecule has 0 bridgehead atoms. The largest absolute Gasteiger partial charge is 0.497 e. The van der Waals surface area contributed by atoms with Crippen LogP contribution in [0.5, 0.6) is 5.75 Å². The molecule has 122 valence electrons. The number of methoxy groups -OCH3 is 1. The van der Waals surface area contributed by atoms with Crippen LogP contribution < -0.4 is 10.1 Å². The molecule has 23 heavy (non-hydrogen) atoms. The molecular formula is C14H15N3O5S. The van der Waals surface area contributed by atoms with Crippen molar-refractivity contribution in [3.63, 3.8) is 0 Å². The van der Waals surface area contributed by atoms with E-state index < -0.39 is 21.8 Å². The fourth-order valence-corrected chi connectivity index (χ4v) is 3.99. The van der Waals surface area contributed by atoms with Gasteiger partial charge in [0.05, 0.1) is 18.6 Å². The molecule has 1 aromatic carbocycles. The number of benzene rings is 1. The Morgan fingerprint density at radius 3 is 2.65 bits per heavy atom. The normalized spacial score (nSPS) is 19.4. The van der Waals surface area contributed by atoms with Gasteiger partial charge in [-0.25, -0.2) is 8.42 Å². The van der Waals surface area contributed by atoms with Crippen molar-refractivity contribution in [3.8, 4) is 17.2 Å². The molecule has 1 fully saturated rings. The van der Waals surface area contributed by atoms with E-state index >= 15 is 0 Å². The van der Waals surface area contributed by atoms with E-state index in [0.717, 1.165) is 0 Å². The van der Waals surface area contributed by atoms with Crippen LogP contribution in [0.2, 0.25) is 0 Å². The van der Waals surface area contributed by atoms with E-state index in [1.165, 1.54) is 0 Å². The third-order valence-corrected chi connectivity index (χ3v) is 5.29. The number of rotatable bonds is 4. The van der Waals surface area contributed by atoms with Gasteiger partial charge in [-0.15, -0.1) is 10.2 Å². The van der Waals surface area contributed by atoms with Crippen LogP contribution in [-0.4, -0.2) is 49.2 Å². The number of nitrogens with zero attached hydrogens (tertiary/aromatic N) is 2. The highest BCUT2D eigenvalue weighted by molar-refractivity contribution is 7.91. The van der Waals surface area contributed by atoms with E-state index in [2.05, 4.69) is 15.5 Å². The quantitative estimate of drug-likeness (QED) is 0.872. The first kappa shape index (κ1) is 15.5. The van der Waals surface area contributed by atoms with E-state index in [9.17, 15) is 13.2 Å². The Kier molecular flexibility index (Phi) is 4.03. The Balaban J connectivity index is 1.69. The van der Waals surface area contributed by atoms with Gasteiger partial charge >= 0.3 is 11.8 Å². The monoisotopic (exact) mass is 337 g/mol. The average Bonchev–Trinajstić information content (AvgIpc) is 3.14. The summed E-state index contributed by atoms with van der Waals surface area (Å²) in [5.41, 5.74) is 0.654. The number of hydrogen-bond donors (Lipinski definition) is 1. The van der Waals surface area contributed by atoms with Crippen LogP contribution in [0.15, 0.2) is 28.7 Å². The second-order valence-electron chi connectivity index (χ2n) is 5.21. The van der Waals surface area contributed by atoms with Crippen molar-refractivity contribution in [1.82, 2.24) is 15.5 Å². The number of aromatic nitrogens is 2. The van der Waals surface area contributed by atoms with Gasteiger partial charge in [-0.2, -0.15) is 0 Å². The van der Waals surface area contributed by atoms with Crippen molar-refractivity contribution in [3.05, 3.63) is 30.2 Å². The van der Waals surface area contributed by atoms with Crippen molar-refractivity contribution < 1.29 is 22.4 Å². The topological polar surface area (TPSA) is 111 Å². The Morgan fingerprint density at radius 2 is 2.04 bits per heavy atom. The van der Waals surface area contributed by atoms with E-state index in [-0.39, 0.29) is 23.3 Å². The van der Waals surface area contributed by atoms with Crippen LogP contribution in [0.1, 0.15) is 17.1 Å². The van der Waals surface area contributed by atoms with Crippen LogP contribution in [0.25, 0.3) is 11.5 Å². The van der Waals surface area contributed by atoms with Gasteiger partial charge in [-0.05, 0) is 30.7 Å². The smallest absolute Gasteiger partial charge is 0.309 e. The fourth-order valence-electron chi connectivity index (χ4n) is 2.32. The summed E-state index contributed by atoms with van der Waals surface area (Å²) in [4.78, 5) is 12.0. The SMILES string of the molecule is COc1ccc(-c2nnc(C(=O)NC3CCS(=O)(=O)C3)o2)cc1. The zero-order valence-electron chi connectivity index (χ0n) is 12.4. The molecule has 3 rings (SSSR count). The molecule has 1 saturated heterocycles. The third kappa shape index (κ3) is 3.50. The highest BCUT2D eigenvalue weighted by Crippen LogP contribution is 2.21. The Labute approximate surface area is 132 Å². The van der Waals surface area contributed by atoms with Gasteiger partial charge in [0.15, 0.2) is 9.84 Å². The molecule has 2 aromatic rings. The van der Waals surface area contributed by atoms with E-state index in [0.29, 0.717) is 17.7 Å². The van der Waals surface area contributed by atoms with Gasteiger partial charge in [-0.1, -0.05) is 0 Å². The van der Waals surface area contributed by atoms with Crippen LogP contribution in [0.4, 0.5) is 0 Å². The lowest BCUT2D eigenvalue weighted by molar-refractivity contribution is 0.0906. The van der Waals surface area contributed by atoms with Gasteiger partial charge < -0.3 is 14.5 Å². The summed E-state index contributed by atoms with van der Waals surface area (Å²) in [7, 11) is -1.50. The Hall–Kier alpha value is -2.42. The molecular weight excluding hydrogens is 322 g/mol. The molecule has 0 spiro atoms. The minimum absolute atomic E-state index is 0.0573.